The molecule has 1 aliphatic rings. The Morgan fingerprint density at radius 1 is 1.37 bits per heavy atom. The van der Waals surface area contributed by atoms with E-state index in [0.29, 0.717) is 12.0 Å². The van der Waals surface area contributed by atoms with E-state index in [4.69, 9.17) is 5.73 Å². The Balaban J connectivity index is 2.32. The van der Waals surface area contributed by atoms with Crippen LogP contribution in [0.5, 0.6) is 0 Å². The molecular formula is C14H18N2O3. The van der Waals surface area contributed by atoms with Gasteiger partial charge in [0.25, 0.3) is 0 Å². The van der Waals surface area contributed by atoms with Crippen molar-refractivity contribution in [2.45, 2.75) is 32.2 Å². The monoisotopic (exact) mass is 262 g/mol. The molecule has 1 amide bonds. The Morgan fingerprint density at radius 2 is 2.11 bits per heavy atom. The van der Waals surface area contributed by atoms with Crippen LogP contribution in [0.3, 0.4) is 0 Å². The smallest absolute Gasteiger partial charge is 0.326 e. The number of rotatable bonds is 3. The Labute approximate surface area is 112 Å². The minimum atomic E-state index is -0.795. The predicted molar refractivity (Wildman–Crippen MR) is 72.3 cm³/mol. The number of carbonyl (C=O) groups is 2. The van der Waals surface area contributed by atoms with Crippen LogP contribution in [0.1, 0.15) is 35.2 Å². The van der Waals surface area contributed by atoms with Crippen LogP contribution in [0.25, 0.3) is 0 Å². The van der Waals surface area contributed by atoms with Crippen molar-refractivity contribution >= 4 is 17.6 Å². The van der Waals surface area contributed by atoms with Crippen molar-refractivity contribution in [2.24, 2.45) is 5.73 Å². The maximum Gasteiger partial charge on any atom is 0.326 e. The van der Waals surface area contributed by atoms with Crippen molar-refractivity contribution in [1.82, 2.24) is 0 Å². The van der Waals surface area contributed by atoms with Gasteiger partial charge in [0.15, 0.2) is 0 Å². The second-order valence-corrected chi connectivity index (χ2v) is 4.91. The molecular weight excluding hydrogens is 244 g/mol. The molecule has 3 N–H and O–H groups in total. The number of benzene rings is 1. The van der Waals surface area contributed by atoms with E-state index in [9.17, 15) is 14.7 Å². The van der Waals surface area contributed by atoms with E-state index >= 15 is 0 Å². The normalized spacial score (nSPS) is 19.2. The highest BCUT2D eigenvalue weighted by atomic mass is 16.4. The van der Waals surface area contributed by atoms with Crippen molar-refractivity contribution in [3.63, 3.8) is 0 Å². The van der Waals surface area contributed by atoms with Gasteiger partial charge in [-0.05, 0) is 49.9 Å². The molecule has 0 aliphatic carbocycles. The van der Waals surface area contributed by atoms with Crippen molar-refractivity contribution in [3.8, 4) is 0 Å². The number of primary amides is 1. The number of piperidine rings is 1. The Morgan fingerprint density at radius 3 is 2.68 bits per heavy atom. The molecule has 0 aromatic heterocycles. The summed E-state index contributed by atoms with van der Waals surface area (Å²) in [6, 6.07) is 4.79. The van der Waals surface area contributed by atoms with Crippen molar-refractivity contribution < 1.29 is 14.7 Å². The predicted octanol–water partition coefficient (Wildman–Crippen LogP) is 1.54. The number of aliphatic carboxylic acids is 1. The lowest BCUT2D eigenvalue weighted by molar-refractivity contribution is -0.139. The summed E-state index contributed by atoms with van der Waals surface area (Å²) >= 11 is 0. The third-order valence-electron chi connectivity index (χ3n) is 3.59. The topological polar surface area (TPSA) is 83.6 Å². The number of carboxylic acids is 1. The van der Waals surface area contributed by atoms with E-state index in [2.05, 4.69) is 0 Å². The molecule has 5 heteroatoms. The van der Waals surface area contributed by atoms with E-state index in [-0.39, 0.29) is 0 Å². The zero-order valence-electron chi connectivity index (χ0n) is 10.9. The summed E-state index contributed by atoms with van der Waals surface area (Å²) < 4.78 is 0. The summed E-state index contributed by atoms with van der Waals surface area (Å²) in [5, 5.41) is 9.27. The first-order valence-electron chi connectivity index (χ1n) is 6.40. The van der Waals surface area contributed by atoms with Gasteiger partial charge in [-0.15, -0.1) is 0 Å². The molecule has 1 unspecified atom stereocenters. The molecule has 1 aromatic carbocycles. The van der Waals surface area contributed by atoms with E-state index in [1.807, 2.05) is 17.9 Å². The maximum absolute atomic E-state index is 11.3. The van der Waals surface area contributed by atoms with Gasteiger partial charge in [-0.25, -0.2) is 4.79 Å². The molecule has 1 atom stereocenters. The average Bonchev–Trinajstić information content (AvgIpc) is 2.38. The number of amides is 1. The van der Waals surface area contributed by atoms with Gasteiger partial charge in [0, 0.05) is 17.8 Å². The number of nitrogens with two attached hydrogens (primary N) is 1. The highest BCUT2D eigenvalue weighted by Gasteiger charge is 2.28. The molecule has 0 saturated carbocycles. The highest BCUT2D eigenvalue weighted by molar-refractivity contribution is 5.94. The fourth-order valence-corrected chi connectivity index (χ4v) is 2.60. The number of carboxylic acid groups (broad SMARTS) is 1. The van der Waals surface area contributed by atoms with Gasteiger partial charge >= 0.3 is 5.97 Å². The molecule has 1 aliphatic heterocycles. The standard InChI is InChI=1S/C14H18N2O3/c1-9-8-10(5-6-11(9)13(15)17)16-7-3-2-4-12(16)14(18)19/h5-6,8,12H,2-4,7H2,1H3,(H2,15,17)(H,18,19). The number of anilines is 1. The lowest BCUT2D eigenvalue weighted by Gasteiger charge is -2.35. The third kappa shape index (κ3) is 2.70. The number of nitrogens with zero attached hydrogens (tertiary/aromatic N) is 1. The van der Waals surface area contributed by atoms with Gasteiger partial charge in [-0.3, -0.25) is 4.79 Å². The molecule has 1 fully saturated rings. The summed E-state index contributed by atoms with van der Waals surface area (Å²) in [4.78, 5) is 24.4. The van der Waals surface area contributed by atoms with E-state index < -0.39 is 17.9 Å². The fraction of sp³-hybridized carbons (Fsp3) is 0.429. The van der Waals surface area contributed by atoms with E-state index in [1.165, 1.54) is 0 Å². The summed E-state index contributed by atoms with van der Waals surface area (Å²) in [6.07, 6.45) is 2.58. The molecule has 0 spiro atoms. The number of aryl methyl sites for hydroxylation is 1. The van der Waals surface area contributed by atoms with Gasteiger partial charge in [0.2, 0.25) is 5.91 Å². The fourth-order valence-electron chi connectivity index (χ4n) is 2.60. The van der Waals surface area contributed by atoms with Crippen LogP contribution in [0, 0.1) is 6.92 Å². The van der Waals surface area contributed by atoms with E-state index in [0.717, 1.165) is 30.6 Å². The lowest BCUT2D eigenvalue weighted by atomic mass is 10.00. The van der Waals surface area contributed by atoms with Crippen LogP contribution in [0.4, 0.5) is 5.69 Å². The molecule has 19 heavy (non-hydrogen) atoms. The minimum Gasteiger partial charge on any atom is -0.480 e. The summed E-state index contributed by atoms with van der Waals surface area (Å²) in [6.45, 7) is 2.54. The number of hydrogen-bond donors (Lipinski definition) is 2. The number of hydrogen-bond acceptors (Lipinski definition) is 3. The molecule has 5 nitrogen and oxygen atoms in total. The molecule has 0 radical (unpaired) electrons. The molecule has 2 rings (SSSR count). The Bertz CT molecular complexity index is 513. The molecule has 1 heterocycles. The van der Waals surface area contributed by atoms with Crippen LogP contribution >= 0.6 is 0 Å². The van der Waals surface area contributed by atoms with Gasteiger partial charge in [0.05, 0.1) is 0 Å². The third-order valence-corrected chi connectivity index (χ3v) is 3.59. The second-order valence-electron chi connectivity index (χ2n) is 4.91. The largest absolute Gasteiger partial charge is 0.480 e. The van der Waals surface area contributed by atoms with Crippen LogP contribution < -0.4 is 10.6 Å². The van der Waals surface area contributed by atoms with Crippen molar-refractivity contribution in [3.05, 3.63) is 29.3 Å². The second kappa shape index (κ2) is 5.30. The first kappa shape index (κ1) is 13.4. The first-order valence-corrected chi connectivity index (χ1v) is 6.40. The van der Waals surface area contributed by atoms with Crippen molar-refractivity contribution in [1.29, 1.82) is 0 Å². The van der Waals surface area contributed by atoms with Crippen LogP contribution in [0.15, 0.2) is 18.2 Å². The Kier molecular flexibility index (Phi) is 3.74. The first-order chi connectivity index (χ1) is 9.00. The maximum atomic E-state index is 11.3. The molecule has 1 saturated heterocycles. The minimum absolute atomic E-state index is 0.461. The van der Waals surface area contributed by atoms with Gasteiger partial charge in [-0.1, -0.05) is 0 Å². The van der Waals surface area contributed by atoms with Gasteiger partial charge in [-0.2, -0.15) is 0 Å². The average molecular weight is 262 g/mol. The summed E-state index contributed by atoms with van der Waals surface area (Å²) in [5.74, 6) is -1.26. The zero-order valence-corrected chi connectivity index (χ0v) is 10.9. The van der Waals surface area contributed by atoms with Gasteiger partial charge in [0.1, 0.15) is 6.04 Å². The SMILES string of the molecule is Cc1cc(N2CCCCC2C(=O)O)ccc1C(N)=O. The number of carbonyl (C=O) groups excluding carboxylic acids is 1. The summed E-state index contributed by atoms with van der Waals surface area (Å²) in [5.41, 5.74) is 7.37. The van der Waals surface area contributed by atoms with Crippen molar-refractivity contribution in [2.75, 3.05) is 11.4 Å². The van der Waals surface area contributed by atoms with Crippen LogP contribution in [-0.2, 0) is 4.79 Å². The quantitative estimate of drug-likeness (QED) is 0.865. The molecule has 0 bridgehead atoms. The van der Waals surface area contributed by atoms with Crippen LogP contribution in [0.2, 0.25) is 0 Å². The zero-order chi connectivity index (χ0) is 14.0. The highest BCUT2D eigenvalue weighted by Crippen LogP contribution is 2.26. The molecule has 1 aromatic rings. The lowest BCUT2D eigenvalue weighted by Crippen LogP contribution is -2.44. The van der Waals surface area contributed by atoms with E-state index in [1.54, 1.807) is 12.1 Å². The van der Waals surface area contributed by atoms with Crippen LogP contribution in [-0.4, -0.2) is 29.6 Å². The Hall–Kier alpha value is -2.04. The summed E-state index contributed by atoms with van der Waals surface area (Å²) in [7, 11) is 0. The molecule has 102 valence electrons. The van der Waals surface area contributed by atoms with Gasteiger partial charge < -0.3 is 15.7 Å².